The lowest BCUT2D eigenvalue weighted by molar-refractivity contribution is -0.826. The topological polar surface area (TPSA) is 59.8 Å². The Kier molecular flexibility index (Phi) is 2.04. The van der Waals surface area contributed by atoms with Crippen LogP contribution in [0.2, 0.25) is 0 Å². The van der Waals surface area contributed by atoms with Crippen LogP contribution in [0.4, 0.5) is 5.82 Å². The molecule has 0 saturated carbocycles. The lowest BCUT2D eigenvalue weighted by Gasteiger charge is -2.17. The molecule has 2 aliphatic heterocycles. The highest BCUT2D eigenvalue weighted by atomic mass is 16.3. The zero-order chi connectivity index (χ0) is 11.9. The van der Waals surface area contributed by atoms with Gasteiger partial charge in [0.05, 0.1) is 19.4 Å². The number of aromatic nitrogens is 2. The van der Waals surface area contributed by atoms with Crippen molar-refractivity contribution in [1.29, 1.82) is 0 Å². The van der Waals surface area contributed by atoms with Gasteiger partial charge in [-0.25, -0.2) is 9.98 Å². The SMILES string of the molecule is c1coc(CNC2=NC[NH+]3CCn4cnc2c43)c1. The van der Waals surface area contributed by atoms with E-state index in [-0.39, 0.29) is 0 Å². The number of imidazole rings is 1. The first-order valence-electron chi connectivity index (χ1n) is 6.13. The summed E-state index contributed by atoms with van der Waals surface area (Å²) in [5.74, 6) is 3.06. The minimum Gasteiger partial charge on any atom is -0.467 e. The molecular formula is C12H14N5O+. The Labute approximate surface area is 104 Å². The van der Waals surface area contributed by atoms with Gasteiger partial charge in [-0.05, 0) is 12.1 Å². The predicted molar refractivity (Wildman–Crippen MR) is 64.7 cm³/mol. The minimum atomic E-state index is 0.646. The Balaban J connectivity index is 1.59. The Morgan fingerprint density at radius 2 is 2.50 bits per heavy atom. The van der Waals surface area contributed by atoms with Gasteiger partial charge in [0.2, 0.25) is 5.82 Å². The van der Waals surface area contributed by atoms with Crippen LogP contribution in [-0.4, -0.2) is 28.6 Å². The van der Waals surface area contributed by atoms with Gasteiger partial charge in [-0.2, -0.15) is 0 Å². The van der Waals surface area contributed by atoms with E-state index in [9.17, 15) is 0 Å². The van der Waals surface area contributed by atoms with Gasteiger partial charge in [0, 0.05) is 0 Å². The molecule has 92 valence electrons. The Morgan fingerprint density at radius 3 is 3.39 bits per heavy atom. The largest absolute Gasteiger partial charge is 0.467 e. The smallest absolute Gasteiger partial charge is 0.239 e. The highest BCUT2D eigenvalue weighted by Crippen LogP contribution is 2.16. The highest BCUT2D eigenvalue weighted by Gasteiger charge is 2.34. The molecule has 0 radical (unpaired) electrons. The zero-order valence-corrected chi connectivity index (χ0v) is 9.89. The van der Waals surface area contributed by atoms with E-state index in [0.29, 0.717) is 6.54 Å². The normalized spacial score (nSPS) is 20.7. The molecule has 6 heteroatoms. The first kappa shape index (κ1) is 9.90. The van der Waals surface area contributed by atoms with Crippen LogP contribution in [0.15, 0.2) is 34.1 Å². The molecule has 0 aliphatic carbocycles. The summed E-state index contributed by atoms with van der Waals surface area (Å²) < 4.78 is 7.52. The van der Waals surface area contributed by atoms with Crippen LogP contribution in [0.1, 0.15) is 11.5 Å². The van der Waals surface area contributed by atoms with Crippen LogP contribution in [0.3, 0.4) is 0 Å². The molecule has 0 spiro atoms. The third-order valence-corrected chi connectivity index (χ3v) is 3.49. The number of nitrogens with one attached hydrogen (secondary N) is 2. The van der Waals surface area contributed by atoms with E-state index in [1.165, 1.54) is 10.7 Å². The molecule has 0 saturated heterocycles. The average molecular weight is 244 g/mol. The summed E-state index contributed by atoms with van der Waals surface area (Å²) in [4.78, 5) is 10.4. The van der Waals surface area contributed by atoms with Gasteiger partial charge in [-0.1, -0.05) is 0 Å². The third-order valence-electron chi connectivity index (χ3n) is 3.49. The molecule has 6 nitrogen and oxygen atoms in total. The molecule has 2 aliphatic rings. The molecule has 1 unspecified atom stereocenters. The van der Waals surface area contributed by atoms with Gasteiger partial charge in [0.25, 0.3) is 0 Å². The molecule has 4 heterocycles. The first-order chi connectivity index (χ1) is 8.92. The summed E-state index contributed by atoms with van der Waals surface area (Å²) in [6, 6.07) is 3.84. The van der Waals surface area contributed by atoms with E-state index in [2.05, 4.69) is 19.9 Å². The third kappa shape index (κ3) is 1.39. The molecule has 2 aromatic rings. The summed E-state index contributed by atoms with van der Waals surface area (Å²) >= 11 is 0. The lowest BCUT2D eigenvalue weighted by Crippen LogP contribution is -3.06. The van der Waals surface area contributed by atoms with Gasteiger partial charge in [-0.15, -0.1) is 0 Å². The fourth-order valence-electron chi connectivity index (χ4n) is 2.60. The highest BCUT2D eigenvalue weighted by molar-refractivity contribution is 6.00. The molecule has 1 atom stereocenters. The second kappa shape index (κ2) is 3.71. The number of aliphatic imine (C=N–C) groups is 1. The van der Waals surface area contributed by atoms with Crippen molar-refractivity contribution >= 4 is 11.7 Å². The van der Waals surface area contributed by atoms with E-state index in [4.69, 9.17) is 4.42 Å². The predicted octanol–water partition coefficient (Wildman–Crippen LogP) is -0.486. The van der Waals surface area contributed by atoms with E-state index in [1.807, 2.05) is 18.5 Å². The number of quaternary nitrogens is 1. The van der Waals surface area contributed by atoms with E-state index < -0.39 is 0 Å². The molecular weight excluding hydrogens is 230 g/mol. The molecule has 4 rings (SSSR count). The lowest BCUT2D eigenvalue weighted by atomic mass is 10.3. The van der Waals surface area contributed by atoms with Gasteiger partial charge in [0.1, 0.15) is 18.6 Å². The molecule has 18 heavy (non-hydrogen) atoms. The number of hydrogen-bond donors (Lipinski definition) is 2. The maximum absolute atomic E-state index is 5.30. The van der Waals surface area contributed by atoms with Gasteiger partial charge >= 0.3 is 0 Å². The number of hydrogen-bond acceptors (Lipinski definition) is 4. The standard InChI is InChI=1S/C12H13N5O/c1-2-9(18-5-1)6-13-11-10-12-16(7-14-10)3-4-17(12)8-15-11/h1-2,5,7H,3-4,6,8H2,(H,13,15)/p+1. The van der Waals surface area contributed by atoms with Gasteiger partial charge in [0.15, 0.2) is 18.2 Å². The van der Waals surface area contributed by atoms with Crippen LogP contribution in [0.25, 0.3) is 0 Å². The van der Waals surface area contributed by atoms with Crippen LogP contribution < -0.4 is 10.2 Å². The van der Waals surface area contributed by atoms with E-state index in [0.717, 1.165) is 37.0 Å². The van der Waals surface area contributed by atoms with Crippen molar-refractivity contribution in [2.24, 2.45) is 4.99 Å². The second-order valence-corrected chi connectivity index (χ2v) is 4.59. The van der Waals surface area contributed by atoms with Crippen LogP contribution in [0.5, 0.6) is 0 Å². The fraction of sp³-hybridized carbons (Fsp3) is 0.333. The van der Waals surface area contributed by atoms with Crippen molar-refractivity contribution in [3.05, 3.63) is 36.2 Å². The number of rotatable bonds is 2. The van der Waals surface area contributed by atoms with Crippen LogP contribution in [-0.2, 0) is 13.1 Å². The Hall–Kier alpha value is -2.08. The maximum atomic E-state index is 5.30. The average Bonchev–Trinajstić information content (AvgIpc) is 3.10. The molecule has 0 aromatic carbocycles. The quantitative estimate of drug-likeness (QED) is 0.749. The van der Waals surface area contributed by atoms with Crippen molar-refractivity contribution in [1.82, 2.24) is 14.9 Å². The molecule has 2 aromatic heterocycles. The number of nitrogens with zero attached hydrogens (tertiary/aromatic N) is 3. The van der Waals surface area contributed by atoms with Crippen LogP contribution in [0, 0.1) is 0 Å². The minimum absolute atomic E-state index is 0.646. The molecule has 0 amide bonds. The van der Waals surface area contributed by atoms with Crippen molar-refractivity contribution in [2.45, 2.75) is 13.1 Å². The summed E-state index contributed by atoms with van der Waals surface area (Å²) in [7, 11) is 0. The van der Waals surface area contributed by atoms with Crippen LogP contribution >= 0.6 is 0 Å². The summed E-state index contributed by atoms with van der Waals surface area (Å²) in [6.45, 7) is 3.59. The van der Waals surface area contributed by atoms with Crippen molar-refractivity contribution in [3.8, 4) is 0 Å². The van der Waals surface area contributed by atoms with Crippen molar-refractivity contribution in [3.63, 3.8) is 0 Å². The molecule has 2 N–H and O–H groups in total. The summed E-state index contributed by atoms with van der Waals surface area (Å²) in [6.07, 6.45) is 3.59. The Morgan fingerprint density at radius 1 is 1.50 bits per heavy atom. The van der Waals surface area contributed by atoms with Crippen molar-refractivity contribution < 1.29 is 9.32 Å². The number of amidine groups is 1. The molecule has 0 fully saturated rings. The second-order valence-electron chi connectivity index (χ2n) is 4.59. The monoisotopic (exact) mass is 244 g/mol. The van der Waals surface area contributed by atoms with Gasteiger partial charge in [-0.3, -0.25) is 9.47 Å². The maximum Gasteiger partial charge on any atom is 0.239 e. The van der Waals surface area contributed by atoms with E-state index >= 15 is 0 Å². The summed E-state index contributed by atoms with van der Waals surface area (Å²) in [5, 5.41) is 3.31. The number of furan rings is 1. The molecule has 0 bridgehead atoms. The summed E-state index contributed by atoms with van der Waals surface area (Å²) in [5.41, 5.74) is 0.986. The van der Waals surface area contributed by atoms with Gasteiger partial charge < -0.3 is 9.73 Å². The van der Waals surface area contributed by atoms with Crippen molar-refractivity contribution in [2.75, 3.05) is 13.2 Å². The fourth-order valence-corrected chi connectivity index (χ4v) is 2.60. The Bertz CT molecular complexity index is 598. The zero-order valence-electron chi connectivity index (χ0n) is 9.89. The van der Waals surface area contributed by atoms with E-state index in [1.54, 1.807) is 6.26 Å². The first-order valence-corrected chi connectivity index (χ1v) is 6.13.